The molecule has 3 heterocycles. The first-order valence-corrected chi connectivity index (χ1v) is 10.6. The number of rotatable bonds is 4. The number of carbonyl (C=O) groups is 2. The van der Waals surface area contributed by atoms with Gasteiger partial charge < -0.3 is 14.8 Å². The summed E-state index contributed by atoms with van der Waals surface area (Å²) in [5.74, 6) is 0.396. The van der Waals surface area contributed by atoms with Crippen LogP contribution in [0.1, 0.15) is 52.9 Å². The summed E-state index contributed by atoms with van der Waals surface area (Å²) in [6, 6.07) is 6.07. The molecule has 29 heavy (non-hydrogen) atoms. The highest BCUT2D eigenvalue weighted by Gasteiger charge is 2.41. The fourth-order valence-electron chi connectivity index (χ4n) is 4.71. The van der Waals surface area contributed by atoms with Crippen LogP contribution in [0.5, 0.6) is 0 Å². The lowest BCUT2D eigenvalue weighted by atomic mass is 9.72. The van der Waals surface area contributed by atoms with Crippen LogP contribution in [-0.4, -0.2) is 57.8 Å². The van der Waals surface area contributed by atoms with Gasteiger partial charge in [-0.3, -0.25) is 9.59 Å². The number of carbonyl (C=O) groups excluding carboxylic acids is 2. The predicted octanol–water partition coefficient (Wildman–Crippen LogP) is 3.11. The Hall–Kier alpha value is -2.63. The zero-order valence-corrected chi connectivity index (χ0v) is 17.4. The van der Waals surface area contributed by atoms with Gasteiger partial charge in [-0.15, -0.1) is 0 Å². The van der Waals surface area contributed by atoms with Crippen LogP contribution in [0.2, 0.25) is 0 Å². The van der Waals surface area contributed by atoms with E-state index in [1.54, 1.807) is 6.33 Å². The second-order valence-electron chi connectivity index (χ2n) is 8.75. The van der Waals surface area contributed by atoms with Crippen molar-refractivity contribution in [2.24, 2.45) is 5.41 Å². The highest BCUT2D eigenvalue weighted by Crippen LogP contribution is 2.40. The van der Waals surface area contributed by atoms with Gasteiger partial charge in [-0.1, -0.05) is 17.7 Å². The summed E-state index contributed by atoms with van der Waals surface area (Å²) in [6.07, 6.45) is 7.80. The topological polar surface area (TPSA) is 69.3 Å². The van der Waals surface area contributed by atoms with Crippen LogP contribution in [0.4, 0.5) is 0 Å². The number of hydrogen-bond donors (Lipinski definition) is 1. The molecule has 2 saturated heterocycles. The Balaban J connectivity index is 1.38. The number of imidazole rings is 1. The maximum atomic E-state index is 13.0. The minimum atomic E-state index is 0.143. The van der Waals surface area contributed by atoms with Crippen LogP contribution in [0.3, 0.4) is 0 Å². The normalized spacial score (nSPS) is 19.0. The third-order valence-corrected chi connectivity index (χ3v) is 6.69. The van der Waals surface area contributed by atoms with Crippen molar-refractivity contribution in [3.8, 4) is 0 Å². The zero-order valence-electron chi connectivity index (χ0n) is 17.4. The van der Waals surface area contributed by atoms with E-state index in [0.717, 1.165) is 74.2 Å². The number of benzene rings is 1. The van der Waals surface area contributed by atoms with Gasteiger partial charge >= 0.3 is 0 Å². The molecule has 0 radical (unpaired) electrons. The average molecular weight is 395 g/mol. The highest BCUT2D eigenvalue weighted by molar-refractivity contribution is 5.96. The summed E-state index contributed by atoms with van der Waals surface area (Å²) in [6.45, 7) is 7.11. The summed E-state index contributed by atoms with van der Waals surface area (Å²) in [5.41, 5.74) is 4.19. The molecule has 154 valence electrons. The van der Waals surface area contributed by atoms with Crippen molar-refractivity contribution in [1.29, 1.82) is 0 Å². The van der Waals surface area contributed by atoms with Gasteiger partial charge in [0.15, 0.2) is 0 Å². The predicted molar refractivity (Wildman–Crippen MR) is 112 cm³/mol. The Labute approximate surface area is 172 Å². The maximum absolute atomic E-state index is 13.0. The maximum Gasteiger partial charge on any atom is 0.254 e. The monoisotopic (exact) mass is 394 g/mol. The molecule has 0 unspecified atom stereocenters. The second-order valence-corrected chi connectivity index (χ2v) is 8.75. The molecule has 2 aliphatic heterocycles. The molecule has 6 heteroatoms. The van der Waals surface area contributed by atoms with Crippen molar-refractivity contribution in [3.63, 3.8) is 0 Å². The van der Waals surface area contributed by atoms with E-state index in [2.05, 4.69) is 9.97 Å². The van der Waals surface area contributed by atoms with E-state index in [9.17, 15) is 9.59 Å². The van der Waals surface area contributed by atoms with Crippen LogP contribution in [0.15, 0.2) is 30.7 Å². The lowest BCUT2D eigenvalue weighted by molar-refractivity contribution is -0.138. The number of likely N-dealkylation sites (tertiary alicyclic amines) is 2. The summed E-state index contributed by atoms with van der Waals surface area (Å²) in [4.78, 5) is 36.7. The van der Waals surface area contributed by atoms with Gasteiger partial charge in [0.2, 0.25) is 5.91 Å². The minimum Gasteiger partial charge on any atom is -0.348 e. The van der Waals surface area contributed by atoms with Crippen LogP contribution in [-0.2, 0) is 11.2 Å². The van der Waals surface area contributed by atoms with Crippen LogP contribution >= 0.6 is 0 Å². The molecule has 6 nitrogen and oxygen atoms in total. The first-order valence-electron chi connectivity index (χ1n) is 10.6. The first kappa shape index (κ1) is 19.7. The summed E-state index contributed by atoms with van der Waals surface area (Å²) in [7, 11) is 0. The van der Waals surface area contributed by atoms with E-state index in [-0.39, 0.29) is 17.2 Å². The second kappa shape index (κ2) is 8.01. The first-order chi connectivity index (χ1) is 14.0. The Morgan fingerprint density at radius 2 is 2.00 bits per heavy atom. The summed E-state index contributed by atoms with van der Waals surface area (Å²) >= 11 is 0. The summed E-state index contributed by atoms with van der Waals surface area (Å²) < 4.78 is 0. The lowest BCUT2D eigenvalue weighted by Crippen LogP contribution is -2.52. The quantitative estimate of drug-likeness (QED) is 0.866. The van der Waals surface area contributed by atoms with Crippen molar-refractivity contribution in [2.75, 3.05) is 26.2 Å². The third kappa shape index (κ3) is 4.21. The molecule has 0 atom stereocenters. The molecule has 2 fully saturated rings. The fourth-order valence-corrected chi connectivity index (χ4v) is 4.71. The van der Waals surface area contributed by atoms with Gasteiger partial charge in [0.1, 0.15) is 0 Å². The molecule has 1 N–H and O–H groups in total. The largest absolute Gasteiger partial charge is 0.348 e. The van der Waals surface area contributed by atoms with Crippen LogP contribution < -0.4 is 0 Å². The standard InChI is InChI=1S/C23H30N4O2/c1-17-3-4-18(2)20(13-17)22(29)26-11-8-23(9-12-26)7-5-21(28)27(15-23)10-6-19-14-24-16-25-19/h3-4,13-14,16H,5-12,15H2,1-2H3,(H,24,25). The number of nitrogens with zero attached hydrogens (tertiary/aromatic N) is 3. The fraction of sp³-hybridized carbons (Fsp3) is 0.522. The minimum absolute atomic E-state index is 0.143. The van der Waals surface area contributed by atoms with Crippen molar-refractivity contribution in [2.45, 2.75) is 46.0 Å². The zero-order chi connectivity index (χ0) is 20.4. The molecule has 4 rings (SSSR count). The molecule has 2 amide bonds. The van der Waals surface area contributed by atoms with Gasteiger partial charge in [-0.05, 0) is 50.2 Å². The van der Waals surface area contributed by atoms with Crippen LogP contribution in [0.25, 0.3) is 0 Å². The van der Waals surface area contributed by atoms with Crippen LogP contribution in [0, 0.1) is 19.3 Å². The van der Waals surface area contributed by atoms with Gasteiger partial charge in [-0.25, -0.2) is 4.98 Å². The van der Waals surface area contributed by atoms with Gasteiger partial charge in [0, 0.05) is 56.5 Å². The number of aromatic nitrogens is 2. The van der Waals surface area contributed by atoms with E-state index in [1.807, 2.05) is 48.0 Å². The number of nitrogens with one attached hydrogen (secondary N) is 1. The van der Waals surface area contributed by atoms with Gasteiger partial charge in [0.25, 0.3) is 5.91 Å². The number of aromatic amines is 1. The van der Waals surface area contributed by atoms with E-state index < -0.39 is 0 Å². The van der Waals surface area contributed by atoms with Gasteiger partial charge in [0.05, 0.1) is 6.33 Å². The Morgan fingerprint density at radius 1 is 1.21 bits per heavy atom. The number of aryl methyl sites for hydroxylation is 2. The number of piperidine rings is 2. The number of amides is 2. The molecule has 2 aromatic rings. The van der Waals surface area contributed by atoms with Crippen molar-refractivity contribution >= 4 is 11.8 Å². The highest BCUT2D eigenvalue weighted by atomic mass is 16.2. The SMILES string of the molecule is Cc1ccc(C)c(C(=O)N2CCC3(CCC(=O)N(CCc4cnc[nH]4)C3)CC2)c1. The lowest BCUT2D eigenvalue weighted by Gasteiger charge is -2.47. The number of hydrogen-bond acceptors (Lipinski definition) is 3. The van der Waals surface area contributed by atoms with E-state index >= 15 is 0 Å². The smallest absolute Gasteiger partial charge is 0.254 e. The Kier molecular flexibility index (Phi) is 5.43. The molecule has 2 aliphatic rings. The van der Waals surface area contributed by atoms with E-state index in [1.165, 1.54) is 0 Å². The third-order valence-electron chi connectivity index (χ3n) is 6.69. The molecule has 0 aliphatic carbocycles. The molecular weight excluding hydrogens is 364 g/mol. The van der Waals surface area contributed by atoms with E-state index in [4.69, 9.17) is 0 Å². The molecule has 1 spiro atoms. The van der Waals surface area contributed by atoms with Crippen molar-refractivity contribution in [1.82, 2.24) is 19.8 Å². The van der Waals surface area contributed by atoms with Crippen molar-refractivity contribution in [3.05, 3.63) is 53.1 Å². The Bertz CT molecular complexity index is 882. The molecule has 0 saturated carbocycles. The molecular formula is C23H30N4O2. The van der Waals surface area contributed by atoms with E-state index in [0.29, 0.717) is 6.42 Å². The molecule has 0 bridgehead atoms. The average Bonchev–Trinajstić information content (AvgIpc) is 3.24. The Morgan fingerprint density at radius 3 is 2.72 bits per heavy atom. The molecule has 1 aromatic heterocycles. The number of H-pyrrole nitrogens is 1. The summed E-state index contributed by atoms with van der Waals surface area (Å²) in [5, 5.41) is 0. The molecule has 1 aromatic carbocycles. The van der Waals surface area contributed by atoms with Gasteiger partial charge in [-0.2, -0.15) is 0 Å². The van der Waals surface area contributed by atoms with Crippen molar-refractivity contribution < 1.29 is 9.59 Å².